The SMILES string of the molecule is CC(=O)N[C@@H]1[C@H](Oc2cc(C)ccc2C)O[C@@H]2COC(C)(C)O[C@H]2[C@H]1O. The maximum absolute atomic E-state index is 11.7. The van der Waals surface area contributed by atoms with E-state index in [-0.39, 0.29) is 12.5 Å². The lowest BCUT2D eigenvalue weighted by Gasteiger charge is -2.49. The minimum absolute atomic E-state index is 0.272. The van der Waals surface area contributed by atoms with E-state index in [2.05, 4.69) is 5.32 Å². The Hall–Kier alpha value is -1.67. The Balaban J connectivity index is 1.85. The Kier molecular flexibility index (Phi) is 5.25. The highest BCUT2D eigenvalue weighted by Gasteiger charge is 2.52. The van der Waals surface area contributed by atoms with E-state index in [1.807, 2.05) is 32.0 Å². The molecule has 2 aliphatic heterocycles. The van der Waals surface area contributed by atoms with Crippen molar-refractivity contribution in [3.05, 3.63) is 29.3 Å². The van der Waals surface area contributed by atoms with E-state index in [0.29, 0.717) is 5.75 Å². The van der Waals surface area contributed by atoms with E-state index in [4.69, 9.17) is 18.9 Å². The average molecular weight is 365 g/mol. The van der Waals surface area contributed by atoms with Crippen molar-refractivity contribution in [3.63, 3.8) is 0 Å². The summed E-state index contributed by atoms with van der Waals surface area (Å²) >= 11 is 0. The van der Waals surface area contributed by atoms with Crippen LogP contribution < -0.4 is 10.1 Å². The molecule has 2 N–H and O–H groups in total. The number of carbonyl (C=O) groups is 1. The largest absolute Gasteiger partial charge is 0.462 e. The molecule has 0 aliphatic carbocycles. The van der Waals surface area contributed by atoms with Crippen molar-refractivity contribution in [3.8, 4) is 5.75 Å². The molecule has 144 valence electrons. The molecule has 2 fully saturated rings. The molecule has 7 nitrogen and oxygen atoms in total. The van der Waals surface area contributed by atoms with Gasteiger partial charge in [-0.25, -0.2) is 0 Å². The van der Waals surface area contributed by atoms with E-state index >= 15 is 0 Å². The first-order chi connectivity index (χ1) is 12.2. The van der Waals surface area contributed by atoms with Gasteiger partial charge < -0.3 is 29.4 Å². The van der Waals surface area contributed by atoms with Crippen molar-refractivity contribution < 1.29 is 28.8 Å². The van der Waals surface area contributed by atoms with Gasteiger partial charge in [0.15, 0.2) is 5.79 Å². The number of ether oxygens (including phenoxy) is 4. The van der Waals surface area contributed by atoms with Crippen LogP contribution in [-0.4, -0.2) is 54.1 Å². The molecule has 1 aromatic rings. The Morgan fingerprint density at radius 1 is 1.35 bits per heavy atom. The molecule has 1 amide bonds. The Morgan fingerprint density at radius 3 is 2.77 bits per heavy atom. The second-order valence-corrected chi connectivity index (χ2v) is 7.44. The summed E-state index contributed by atoms with van der Waals surface area (Å²) in [7, 11) is 0. The van der Waals surface area contributed by atoms with E-state index < -0.39 is 36.4 Å². The minimum atomic E-state index is -0.990. The molecule has 2 heterocycles. The number of aliphatic hydroxyl groups is 1. The predicted octanol–water partition coefficient (Wildman–Crippen LogP) is 1.42. The molecule has 0 saturated carbocycles. The van der Waals surface area contributed by atoms with Crippen LogP contribution in [0, 0.1) is 13.8 Å². The third-order valence-corrected chi connectivity index (χ3v) is 4.64. The molecule has 3 rings (SSSR count). The molecule has 1 aromatic carbocycles. The Morgan fingerprint density at radius 2 is 2.08 bits per heavy atom. The number of amides is 1. The molecule has 0 radical (unpaired) electrons. The number of aryl methyl sites for hydroxylation is 2. The van der Waals surface area contributed by atoms with Gasteiger partial charge in [0.25, 0.3) is 0 Å². The van der Waals surface area contributed by atoms with Crippen molar-refractivity contribution in [1.82, 2.24) is 5.32 Å². The van der Waals surface area contributed by atoms with Gasteiger partial charge in [-0.3, -0.25) is 4.79 Å². The van der Waals surface area contributed by atoms with Crippen LogP contribution >= 0.6 is 0 Å². The van der Waals surface area contributed by atoms with Gasteiger partial charge in [-0.05, 0) is 44.9 Å². The van der Waals surface area contributed by atoms with Crippen LogP contribution in [0.1, 0.15) is 31.9 Å². The number of rotatable bonds is 3. The number of hydrogen-bond donors (Lipinski definition) is 2. The van der Waals surface area contributed by atoms with Crippen molar-refractivity contribution in [2.75, 3.05) is 6.61 Å². The summed E-state index contributed by atoms with van der Waals surface area (Å²) in [6, 6.07) is 5.09. The number of carbonyl (C=O) groups excluding carboxylic acids is 1. The van der Waals surface area contributed by atoms with Crippen molar-refractivity contribution >= 4 is 5.91 Å². The lowest BCUT2D eigenvalue weighted by atomic mass is 9.95. The zero-order valence-electron chi connectivity index (χ0n) is 15.8. The molecule has 7 heteroatoms. The second kappa shape index (κ2) is 7.15. The molecule has 2 aliphatic rings. The van der Waals surface area contributed by atoms with Crippen molar-refractivity contribution in [2.45, 2.75) is 71.0 Å². The van der Waals surface area contributed by atoms with Gasteiger partial charge >= 0.3 is 0 Å². The van der Waals surface area contributed by atoms with Gasteiger partial charge in [-0.2, -0.15) is 0 Å². The summed E-state index contributed by atoms with van der Waals surface area (Å²) in [6.45, 7) is 9.12. The number of nitrogens with one attached hydrogen (secondary N) is 1. The number of benzene rings is 1. The van der Waals surface area contributed by atoms with E-state index in [1.54, 1.807) is 13.8 Å². The summed E-state index contributed by atoms with van der Waals surface area (Å²) in [6.07, 6.45) is -2.95. The van der Waals surface area contributed by atoms with Crippen LogP contribution in [0.4, 0.5) is 0 Å². The third kappa shape index (κ3) is 4.01. The molecular weight excluding hydrogens is 338 g/mol. The number of aliphatic hydroxyl groups excluding tert-OH is 1. The zero-order chi connectivity index (χ0) is 19.1. The van der Waals surface area contributed by atoms with Crippen LogP contribution in [0.5, 0.6) is 5.75 Å². The average Bonchev–Trinajstić information content (AvgIpc) is 2.54. The van der Waals surface area contributed by atoms with Gasteiger partial charge in [0.05, 0.1) is 6.61 Å². The third-order valence-electron chi connectivity index (χ3n) is 4.64. The van der Waals surface area contributed by atoms with Gasteiger partial charge in [-0.15, -0.1) is 0 Å². The van der Waals surface area contributed by atoms with Crippen molar-refractivity contribution in [2.24, 2.45) is 0 Å². The van der Waals surface area contributed by atoms with Gasteiger partial charge in [0, 0.05) is 6.92 Å². The lowest BCUT2D eigenvalue weighted by Crippen LogP contribution is -2.69. The maximum Gasteiger partial charge on any atom is 0.223 e. The zero-order valence-corrected chi connectivity index (χ0v) is 15.8. The smallest absolute Gasteiger partial charge is 0.223 e. The Labute approximate surface area is 153 Å². The van der Waals surface area contributed by atoms with Gasteiger partial charge in [0.2, 0.25) is 12.2 Å². The highest BCUT2D eigenvalue weighted by molar-refractivity contribution is 5.73. The summed E-state index contributed by atoms with van der Waals surface area (Å²) in [4.78, 5) is 11.7. The first kappa shape index (κ1) is 19.1. The fourth-order valence-corrected chi connectivity index (χ4v) is 3.29. The molecule has 0 bridgehead atoms. The number of fused-ring (bicyclic) bond motifs is 1. The van der Waals surface area contributed by atoms with Crippen LogP contribution in [0.2, 0.25) is 0 Å². The van der Waals surface area contributed by atoms with Crippen LogP contribution in [-0.2, 0) is 19.0 Å². The van der Waals surface area contributed by atoms with Gasteiger partial charge in [-0.1, -0.05) is 12.1 Å². The van der Waals surface area contributed by atoms with Crippen LogP contribution in [0.3, 0.4) is 0 Å². The first-order valence-electron chi connectivity index (χ1n) is 8.82. The molecule has 0 aromatic heterocycles. The molecule has 0 spiro atoms. The molecule has 26 heavy (non-hydrogen) atoms. The highest BCUT2D eigenvalue weighted by Crippen LogP contribution is 2.34. The Bertz CT molecular complexity index is 676. The molecular formula is C19H27NO6. The van der Waals surface area contributed by atoms with E-state index in [9.17, 15) is 9.90 Å². The fraction of sp³-hybridized carbons (Fsp3) is 0.632. The maximum atomic E-state index is 11.7. The summed E-state index contributed by atoms with van der Waals surface area (Å²) in [5.41, 5.74) is 1.98. The fourth-order valence-electron chi connectivity index (χ4n) is 3.29. The van der Waals surface area contributed by atoms with Gasteiger partial charge in [0.1, 0.15) is 30.1 Å². The summed E-state index contributed by atoms with van der Waals surface area (Å²) < 4.78 is 23.5. The second-order valence-electron chi connectivity index (χ2n) is 7.44. The van der Waals surface area contributed by atoms with Crippen LogP contribution in [0.15, 0.2) is 18.2 Å². The lowest BCUT2D eigenvalue weighted by molar-refractivity contribution is -0.361. The molecule has 0 unspecified atom stereocenters. The topological polar surface area (TPSA) is 86.3 Å². The summed E-state index contributed by atoms with van der Waals surface area (Å²) in [5, 5.41) is 13.6. The molecule has 5 atom stereocenters. The van der Waals surface area contributed by atoms with Crippen molar-refractivity contribution in [1.29, 1.82) is 0 Å². The van der Waals surface area contributed by atoms with E-state index in [1.165, 1.54) is 6.92 Å². The standard InChI is InChI=1S/C19H27NO6/c1-10-6-7-11(2)13(8-10)24-18-15(20-12(3)21)16(22)17-14(25-18)9-23-19(4,5)26-17/h6-8,14-18,22H,9H2,1-5H3,(H,20,21)/t14-,15+,16+,17-,18-/m1/s1. The van der Waals surface area contributed by atoms with Crippen LogP contribution in [0.25, 0.3) is 0 Å². The van der Waals surface area contributed by atoms with E-state index in [0.717, 1.165) is 11.1 Å². The first-order valence-corrected chi connectivity index (χ1v) is 8.82. The summed E-state index contributed by atoms with van der Waals surface area (Å²) in [5.74, 6) is -0.460. The highest BCUT2D eigenvalue weighted by atomic mass is 16.8. The molecule has 2 saturated heterocycles. The quantitative estimate of drug-likeness (QED) is 0.843. The minimum Gasteiger partial charge on any atom is -0.462 e. The predicted molar refractivity (Wildman–Crippen MR) is 93.7 cm³/mol. The number of hydrogen-bond acceptors (Lipinski definition) is 6. The monoisotopic (exact) mass is 365 g/mol. The normalized spacial score (nSPS) is 33.2.